The Balaban J connectivity index is 1.47. The number of carbonyl (C=O) groups is 1. The Kier molecular flexibility index (Phi) is 5.78. The van der Waals surface area contributed by atoms with Crippen molar-refractivity contribution in [3.05, 3.63) is 30.6 Å². The molecule has 28 heavy (non-hydrogen) atoms. The Morgan fingerprint density at radius 1 is 1.21 bits per heavy atom. The molecule has 0 aliphatic carbocycles. The molecule has 0 bridgehead atoms. The summed E-state index contributed by atoms with van der Waals surface area (Å²) in [7, 11) is 1.59. The molecule has 8 heteroatoms. The number of aromatic nitrogens is 2. The van der Waals surface area contributed by atoms with Crippen LogP contribution in [0.4, 0.5) is 0 Å². The summed E-state index contributed by atoms with van der Waals surface area (Å²) in [6, 6.07) is 5.95. The zero-order valence-electron chi connectivity index (χ0n) is 16.0. The van der Waals surface area contributed by atoms with E-state index in [4.69, 9.17) is 18.9 Å². The third-order valence-corrected chi connectivity index (χ3v) is 5.10. The average molecular weight is 387 g/mol. The van der Waals surface area contributed by atoms with Crippen LogP contribution in [0.1, 0.15) is 12.5 Å². The molecule has 2 aliphatic heterocycles. The van der Waals surface area contributed by atoms with Gasteiger partial charge in [-0.3, -0.25) is 4.79 Å². The number of benzene rings is 1. The van der Waals surface area contributed by atoms with Gasteiger partial charge in [0, 0.05) is 37.7 Å². The van der Waals surface area contributed by atoms with Gasteiger partial charge in [0.1, 0.15) is 5.82 Å². The first kappa shape index (κ1) is 18.8. The smallest absolute Gasteiger partial charge is 0.260 e. The molecular weight excluding hydrogens is 362 g/mol. The van der Waals surface area contributed by atoms with Crippen LogP contribution in [0.15, 0.2) is 30.6 Å². The van der Waals surface area contributed by atoms with Crippen molar-refractivity contribution in [1.29, 1.82) is 0 Å². The number of nitrogens with zero attached hydrogens (tertiary/aromatic N) is 3. The van der Waals surface area contributed by atoms with Gasteiger partial charge in [-0.2, -0.15) is 0 Å². The maximum absolute atomic E-state index is 12.3. The summed E-state index contributed by atoms with van der Waals surface area (Å²) in [6.07, 6.45) is 4.75. The zero-order chi connectivity index (χ0) is 19.3. The van der Waals surface area contributed by atoms with E-state index in [0.717, 1.165) is 24.4 Å². The van der Waals surface area contributed by atoms with Crippen molar-refractivity contribution >= 4 is 5.91 Å². The normalized spacial score (nSPS) is 19.6. The van der Waals surface area contributed by atoms with Crippen LogP contribution in [0.3, 0.4) is 0 Å². The van der Waals surface area contributed by atoms with Gasteiger partial charge in [-0.1, -0.05) is 0 Å². The predicted molar refractivity (Wildman–Crippen MR) is 102 cm³/mol. The first-order valence-corrected chi connectivity index (χ1v) is 9.53. The fourth-order valence-electron chi connectivity index (χ4n) is 3.54. The van der Waals surface area contributed by atoms with Crippen molar-refractivity contribution in [2.75, 3.05) is 53.2 Å². The summed E-state index contributed by atoms with van der Waals surface area (Å²) in [6.45, 7) is 3.80. The third-order valence-electron chi connectivity index (χ3n) is 5.10. The predicted octanol–water partition coefficient (Wildman–Crippen LogP) is 1.76. The molecule has 2 aromatic rings. The lowest BCUT2D eigenvalue weighted by molar-refractivity contribution is -0.137. The van der Waals surface area contributed by atoms with Crippen LogP contribution in [0.25, 0.3) is 11.4 Å². The number of ether oxygens (including phenoxy) is 4. The maximum Gasteiger partial charge on any atom is 0.260 e. The van der Waals surface area contributed by atoms with Crippen LogP contribution in [0.2, 0.25) is 0 Å². The minimum atomic E-state index is -0.0498. The highest BCUT2D eigenvalue weighted by atomic mass is 16.5. The molecule has 1 amide bonds. The molecule has 1 atom stereocenters. The highest BCUT2D eigenvalue weighted by Crippen LogP contribution is 2.33. The van der Waals surface area contributed by atoms with Crippen LogP contribution < -0.4 is 9.47 Å². The van der Waals surface area contributed by atoms with Gasteiger partial charge in [0.05, 0.1) is 33.0 Å². The minimum Gasteiger partial charge on any atom is -0.493 e. The van der Waals surface area contributed by atoms with Crippen LogP contribution in [0, 0.1) is 0 Å². The molecule has 4 rings (SSSR count). The molecule has 0 radical (unpaired) electrons. The molecule has 8 nitrogen and oxygen atoms in total. The van der Waals surface area contributed by atoms with Gasteiger partial charge >= 0.3 is 0 Å². The Hall–Kier alpha value is -2.58. The van der Waals surface area contributed by atoms with E-state index in [9.17, 15) is 4.79 Å². The van der Waals surface area contributed by atoms with Crippen LogP contribution in [-0.4, -0.2) is 73.6 Å². The zero-order valence-corrected chi connectivity index (χ0v) is 16.0. The molecule has 1 aromatic carbocycles. The molecule has 0 N–H and O–H groups in total. The average Bonchev–Trinajstić information content (AvgIpc) is 3.44. The summed E-state index contributed by atoms with van der Waals surface area (Å²) in [5.74, 6) is 1.93. The number of morpholine rings is 1. The molecule has 0 spiro atoms. The van der Waals surface area contributed by atoms with Crippen molar-refractivity contribution < 1.29 is 23.7 Å². The van der Waals surface area contributed by atoms with Crippen LogP contribution in [0.5, 0.6) is 11.5 Å². The second-order valence-corrected chi connectivity index (χ2v) is 6.82. The summed E-state index contributed by atoms with van der Waals surface area (Å²) in [5.41, 5.74) is 0.931. The molecule has 1 aromatic heterocycles. The van der Waals surface area contributed by atoms with E-state index >= 15 is 0 Å². The standard InChI is InChI=1S/C20H25N3O5/c1-25-18-12-15(20-21-5-6-23(20)16-4-9-27-13-16)2-3-17(18)28-14-19(24)22-7-10-26-11-8-22/h2-3,5-6,12,16H,4,7-11,13-14H2,1H3. The van der Waals surface area contributed by atoms with Gasteiger partial charge < -0.3 is 28.4 Å². The van der Waals surface area contributed by atoms with Gasteiger partial charge in [-0.15, -0.1) is 0 Å². The van der Waals surface area contributed by atoms with E-state index < -0.39 is 0 Å². The van der Waals surface area contributed by atoms with E-state index in [1.54, 1.807) is 18.2 Å². The number of methoxy groups -OCH3 is 1. The van der Waals surface area contributed by atoms with E-state index in [1.807, 2.05) is 24.4 Å². The summed E-state index contributed by atoms with van der Waals surface area (Å²) in [5, 5.41) is 0. The molecule has 2 saturated heterocycles. The van der Waals surface area contributed by atoms with Gasteiger partial charge in [-0.05, 0) is 24.6 Å². The van der Waals surface area contributed by atoms with Crippen LogP contribution in [-0.2, 0) is 14.3 Å². The quantitative estimate of drug-likeness (QED) is 0.752. The van der Waals surface area contributed by atoms with E-state index in [2.05, 4.69) is 9.55 Å². The highest BCUT2D eigenvalue weighted by molar-refractivity contribution is 5.78. The molecule has 1 unspecified atom stereocenters. The molecule has 0 saturated carbocycles. The lowest BCUT2D eigenvalue weighted by Gasteiger charge is -2.26. The summed E-state index contributed by atoms with van der Waals surface area (Å²) >= 11 is 0. The van der Waals surface area contributed by atoms with Crippen molar-refractivity contribution in [1.82, 2.24) is 14.5 Å². The number of imidazole rings is 1. The lowest BCUT2D eigenvalue weighted by atomic mass is 10.1. The largest absolute Gasteiger partial charge is 0.493 e. The molecule has 3 heterocycles. The summed E-state index contributed by atoms with van der Waals surface area (Å²) in [4.78, 5) is 18.6. The Morgan fingerprint density at radius 2 is 2.07 bits per heavy atom. The monoisotopic (exact) mass is 387 g/mol. The van der Waals surface area contributed by atoms with Gasteiger partial charge in [0.2, 0.25) is 0 Å². The molecule has 2 fully saturated rings. The van der Waals surface area contributed by atoms with E-state index in [-0.39, 0.29) is 12.5 Å². The van der Waals surface area contributed by atoms with Crippen molar-refractivity contribution in [2.24, 2.45) is 0 Å². The van der Waals surface area contributed by atoms with E-state index in [1.165, 1.54) is 0 Å². The second-order valence-electron chi connectivity index (χ2n) is 6.82. The van der Waals surface area contributed by atoms with Gasteiger partial charge in [-0.25, -0.2) is 4.98 Å². The second kappa shape index (κ2) is 8.62. The first-order valence-electron chi connectivity index (χ1n) is 9.53. The topological polar surface area (TPSA) is 75.1 Å². The highest BCUT2D eigenvalue weighted by Gasteiger charge is 2.22. The summed E-state index contributed by atoms with van der Waals surface area (Å²) < 4.78 is 24.2. The third kappa shape index (κ3) is 3.98. The molecular formula is C20H25N3O5. The maximum atomic E-state index is 12.3. The van der Waals surface area contributed by atoms with Crippen molar-refractivity contribution in [3.8, 4) is 22.9 Å². The molecule has 150 valence electrons. The van der Waals surface area contributed by atoms with Gasteiger partial charge in [0.15, 0.2) is 18.1 Å². The number of carbonyl (C=O) groups excluding carboxylic acids is 1. The Bertz CT molecular complexity index is 810. The number of hydrogen-bond donors (Lipinski definition) is 0. The SMILES string of the molecule is COc1cc(-c2nccn2C2CCOC2)ccc1OCC(=O)N1CCOCC1. The van der Waals surface area contributed by atoms with E-state index in [0.29, 0.717) is 50.5 Å². The fraction of sp³-hybridized carbons (Fsp3) is 0.500. The lowest BCUT2D eigenvalue weighted by Crippen LogP contribution is -2.43. The van der Waals surface area contributed by atoms with Crippen molar-refractivity contribution in [2.45, 2.75) is 12.5 Å². The molecule has 2 aliphatic rings. The fourth-order valence-corrected chi connectivity index (χ4v) is 3.54. The number of hydrogen-bond acceptors (Lipinski definition) is 6. The number of amides is 1. The first-order chi connectivity index (χ1) is 13.8. The Morgan fingerprint density at radius 3 is 2.82 bits per heavy atom. The Labute approximate surface area is 164 Å². The number of rotatable bonds is 6. The van der Waals surface area contributed by atoms with Crippen molar-refractivity contribution in [3.63, 3.8) is 0 Å². The van der Waals surface area contributed by atoms with Gasteiger partial charge in [0.25, 0.3) is 5.91 Å². The minimum absolute atomic E-state index is 0.0241. The van der Waals surface area contributed by atoms with Crippen LogP contribution >= 0.6 is 0 Å².